The van der Waals surface area contributed by atoms with Crippen molar-refractivity contribution in [2.24, 2.45) is 0 Å². The Hall–Kier alpha value is -1.81. The number of anilines is 1. The van der Waals surface area contributed by atoms with E-state index in [1.165, 1.54) is 18.4 Å². The van der Waals surface area contributed by atoms with E-state index < -0.39 is 0 Å². The van der Waals surface area contributed by atoms with Gasteiger partial charge in [-0.3, -0.25) is 4.98 Å². The number of rotatable bonds is 6. The summed E-state index contributed by atoms with van der Waals surface area (Å²) in [4.78, 5) is 6.45. The maximum atomic E-state index is 5.65. The lowest BCUT2D eigenvalue weighted by Crippen LogP contribution is -2.21. The summed E-state index contributed by atoms with van der Waals surface area (Å²) in [5.41, 5.74) is 2.45. The van der Waals surface area contributed by atoms with Crippen LogP contribution in [0.2, 0.25) is 0 Å². The topological polar surface area (TPSA) is 41.3 Å². The Labute approximate surface area is 119 Å². The number of aromatic nitrogens is 1. The van der Waals surface area contributed by atoms with Crippen molar-refractivity contribution in [1.82, 2.24) is 10.3 Å². The molecule has 1 aliphatic carbocycles. The van der Waals surface area contributed by atoms with Crippen molar-refractivity contribution in [3.8, 4) is 0 Å². The first kappa shape index (κ1) is 13.2. The third-order valence-electron chi connectivity index (χ3n) is 3.65. The summed E-state index contributed by atoms with van der Waals surface area (Å²) >= 11 is 0. The molecule has 3 rings (SSSR count). The van der Waals surface area contributed by atoms with Crippen LogP contribution in [0.4, 0.5) is 5.69 Å². The Kier molecular flexibility index (Phi) is 3.74. The highest BCUT2D eigenvalue weighted by Gasteiger charge is 2.20. The van der Waals surface area contributed by atoms with Crippen molar-refractivity contribution in [1.29, 1.82) is 0 Å². The first-order chi connectivity index (χ1) is 9.72. The smallest absolute Gasteiger partial charge is 0.123 e. The van der Waals surface area contributed by atoms with E-state index in [0.29, 0.717) is 6.04 Å². The molecule has 0 spiro atoms. The van der Waals surface area contributed by atoms with Crippen molar-refractivity contribution in [2.45, 2.75) is 38.9 Å². The second-order valence-corrected chi connectivity index (χ2v) is 5.53. The predicted molar refractivity (Wildman–Crippen MR) is 79.7 cm³/mol. The number of hydrogen-bond acceptors (Lipinski definition) is 4. The minimum Gasteiger partial charge on any atom is -0.464 e. The summed E-state index contributed by atoms with van der Waals surface area (Å²) in [6, 6.07) is 6.84. The number of aryl methyl sites for hydroxylation is 1. The molecular weight excluding hydrogens is 250 g/mol. The third kappa shape index (κ3) is 3.20. The van der Waals surface area contributed by atoms with Gasteiger partial charge >= 0.3 is 0 Å². The molecule has 0 aromatic carbocycles. The Morgan fingerprint density at radius 2 is 2.20 bits per heavy atom. The summed E-state index contributed by atoms with van der Waals surface area (Å²) in [7, 11) is 2.08. The van der Waals surface area contributed by atoms with Gasteiger partial charge < -0.3 is 14.6 Å². The second kappa shape index (κ2) is 5.67. The highest BCUT2D eigenvalue weighted by atomic mass is 16.3. The molecule has 0 unspecified atom stereocenters. The minimum absolute atomic E-state index is 0.717. The molecule has 2 heterocycles. The van der Waals surface area contributed by atoms with Crippen LogP contribution in [-0.4, -0.2) is 18.1 Å². The van der Waals surface area contributed by atoms with Crippen molar-refractivity contribution < 1.29 is 4.42 Å². The first-order valence-electron chi connectivity index (χ1n) is 7.15. The van der Waals surface area contributed by atoms with Crippen LogP contribution >= 0.6 is 0 Å². The molecule has 1 fully saturated rings. The monoisotopic (exact) mass is 271 g/mol. The van der Waals surface area contributed by atoms with Gasteiger partial charge in [0.15, 0.2) is 0 Å². The fraction of sp³-hybridized carbons (Fsp3) is 0.438. The van der Waals surface area contributed by atoms with E-state index in [0.717, 1.165) is 30.3 Å². The van der Waals surface area contributed by atoms with Gasteiger partial charge in [0.1, 0.15) is 11.5 Å². The summed E-state index contributed by atoms with van der Waals surface area (Å²) in [6.07, 6.45) is 6.40. The highest BCUT2D eigenvalue weighted by molar-refractivity contribution is 5.51. The summed E-state index contributed by atoms with van der Waals surface area (Å²) in [5.74, 6) is 1.94. The van der Waals surface area contributed by atoms with E-state index in [1.807, 2.05) is 31.5 Å². The van der Waals surface area contributed by atoms with Crippen LogP contribution in [0.1, 0.15) is 29.9 Å². The zero-order valence-electron chi connectivity index (χ0n) is 12.1. The number of hydrogen-bond donors (Lipinski definition) is 1. The van der Waals surface area contributed by atoms with Crippen LogP contribution in [0.5, 0.6) is 0 Å². The summed E-state index contributed by atoms with van der Waals surface area (Å²) in [6.45, 7) is 3.64. The van der Waals surface area contributed by atoms with Crippen LogP contribution in [0.15, 0.2) is 35.0 Å². The molecule has 0 atom stereocenters. The van der Waals surface area contributed by atoms with E-state index in [9.17, 15) is 0 Å². The van der Waals surface area contributed by atoms with E-state index in [-0.39, 0.29) is 0 Å². The van der Waals surface area contributed by atoms with Crippen molar-refractivity contribution in [3.63, 3.8) is 0 Å². The molecule has 1 aliphatic rings. The Bertz CT molecular complexity index is 575. The SMILES string of the molecule is Cc1ccc(CN(C)c2cnccc2CNC2CC2)o1. The lowest BCUT2D eigenvalue weighted by Gasteiger charge is -2.21. The van der Waals surface area contributed by atoms with Gasteiger partial charge in [0, 0.05) is 25.8 Å². The average molecular weight is 271 g/mol. The molecule has 0 bridgehead atoms. The molecule has 2 aromatic heterocycles. The molecule has 0 saturated heterocycles. The molecule has 0 amide bonds. The van der Waals surface area contributed by atoms with Gasteiger partial charge in [0.25, 0.3) is 0 Å². The summed E-state index contributed by atoms with van der Waals surface area (Å²) < 4.78 is 5.65. The van der Waals surface area contributed by atoms with Crippen LogP contribution < -0.4 is 10.2 Å². The van der Waals surface area contributed by atoms with Gasteiger partial charge in [-0.15, -0.1) is 0 Å². The molecule has 2 aromatic rings. The largest absolute Gasteiger partial charge is 0.464 e. The molecular formula is C16H21N3O. The van der Waals surface area contributed by atoms with Gasteiger partial charge in [0.05, 0.1) is 18.4 Å². The second-order valence-electron chi connectivity index (χ2n) is 5.53. The normalized spacial score (nSPS) is 14.5. The fourth-order valence-corrected chi connectivity index (χ4v) is 2.34. The van der Waals surface area contributed by atoms with Gasteiger partial charge in [0.2, 0.25) is 0 Å². The van der Waals surface area contributed by atoms with E-state index in [1.54, 1.807) is 0 Å². The van der Waals surface area contributed by atoms with E-state index in [2.05, 4.69) is 28.3 Å². The van der Waals surface area contributed by atoms with Crippen molar-refractivity contribution in [2.75, 3.05) is 11.9 Å². The maximum Gasteiger partial charge on any atom is 0.123 e. The fourth-order valence-electron chi connectivity index (χ4n) is 2.34. The average Bonchev–Trinajstić information content (AvgIpc) is 3.19. The Morgan fingerprint density at radius 3 is 2.90 bits per heavy atom. The zero-order valence-corrected chi connectivity index (χ0v) is 12.1. The molecule has 20 heavy (non-hydrogen) atoms. The quantitative estimate of drug-likeness (QED) is 0.877. The van der Waals surface area contributed by atoms with Crippen LogP contribution in [0.25, 0.3) is 0 Å². The zero-order chi connectivity index (χ0) is 13.9. The molecule has 4 heteroatoms. The Morgan fingerprint density at radius 1 is 1.35 bits per heavy atom. The standard InChI is InChI=1S/C16H21N3O/c1-12-3-6-15(20-12)11-19(2)16-10-17-8-7-13(16)9-18-14-4-5-14/h3,6-8,10,14,18H,4-5,9,11H2,1-2H3. The van der Waals surface area contributed by atoms with E-state index >= 15 is 0 Å². The number of furan rings is 1. The molecule has 1 N–H and O–H groups in total. The van der Waals surface area contributed by atoms with Gasteiger partial charge in [-0.25, -0.2) is 0 Å². The molecule has 106 valence electrons. The number of nitrogens with one attached hydrogen (secondary N) is 1. The predicted octanol–water partition coefficient (Wildman–Crippen LogP) is 2.87. The van der Waals surface area contributed by atoms with E-state index in [4.69, 9.17) is 4.42 Å². The summed E-state index contributed by atoms with van der Waals surface area (Å²) in [5, 5.41) is 3.56. The lowest BCUT2D eigenvalue weighted by molar-refractivity contribution is 0.481. The maximum absolute atomic E-state index is 5.65. The molecule has 0 radical (unpaired) electrons. The van der Waals surface area contributed by atoms with Gasteiger partial charge in [-0.1, -0.05) is 0 Å². The molecule has 4 nitrogen and oxygen atoms in total. The molecule has 1 saturated carbocycles. The molecule has 0 aliphatic heterocycles. The van der Waals surface area contributed by atoms with Crippen LogP contribution in [-0.2, 0) is 13.1 Å². The first-order valence-corrected chi connectivity index (χ1v) is 7.15. The number of pyridine rings is 1. The highest BCUT2D eigenvalue weighted by Crippen LogP contribution is 2.23. The van der Waals surface area contributed by atoms with Crippen LogP contribution in [0.3, 0.4) is 0 Å². The Balaban J connectivity index is 1.70. The third-order valence-corrected chi connectivity index (χ3v) is 3.65. The van der Waals surface area contributed by atoms with Gasteiger partial charge in [-0.05, 0) is 43.5 Å². The van der Waals surface area contributed by atoms with Crippen molar-refractivity contribution >= 4 is 5.69 Å². The lowest BCUT2D eigenvalue weighted by atomic mass is 10.2. The minimum atomic E-state index is 0.717. The number of nitrogens with zero attached hydrogens (tertiary/aromatic N) is 2. The van der Waals surface area contributed by atoms with Gasteiger partial charge in [-0.2, -0.15) is 0 Å². The van der Waals surface area contributed by atoms with Crippen molar-refractivity contribution in [3.05, 3.63) is 47.7 Å². The van der Waals surface area contributed by atoms with Crippen LogP contribution in [0, 0.1) is 6.92 Å².